The van der Waals surface area contributed by atoms with Crippen molar-refractivity contribution in [1.82, 2.24) is 0 Å². The standard InChI is InChI=1S/C12H24.C3H8.C2H6/c1-5-9(3)12-8-11(6-2)7-10(12)4;1-3-2;1-2/h9-12H,5-8H2,1-4H3;3H2,1-2H3;1-2H3. The summed E-state index contributed by atoms with van der Waals surface area (Å²) in [5, 5.41) is 0. The van der Waals surface area contributed by atoms with Crippen molar-refractivity contribution < 1.29 is 0 Å². The molecule has 0 aromatic rings. The minimum atomic E-state index is 0.955. The van der Waals surface area contributed by atoms with Crippen molar-refractivity contribution in [2.24, 2.45) is 23.7 Å². The molecular formula is C17H38. The SMILES string of the molecule is CC.CCC.CCC1CC(C)C(C(C)CC)C1. The number of hydrogen-bond donors (Lipinski definition) is 0. The van der Waals surface area contributed by atoms with Gasteiger partial charge >= 0.3 is 0 Å². The highest BCUT2D eigenvalue weighted by Gasteiger charge is 2.32. The largest absolute Gasteiger partial charge is 0.0683 e. The lowest BCUT2D eigenvalue weighted by atomic mass is 9.84. The van der Waals surface area contributed by atoms with Crippen molar-refractivity contribution in [3.05, 3.63) is 0 Å². The van der Waals surface area contributed by atoms with Crippen LogP contribution in [-0.4, -0.2) is 0 Å². The third-order valence-electron chi connectivity index (χ3n) is 3.99. The van der Waals surface area contributed by atoms with Gasteiger partial charge in [-0.3, -0.25) is 0 Å². The van der Waals surface area contributed by atoms with Gasteiger partial charge in [0, 0.05) is 0 Å². The molecule has 0 saturated heterocycles. The summed E-state index contributed by atoms with van der Waals surface area (Å²) in [5.74, 6) is 4.01. The Kier molecular flexibility index (Phi) is 14.2. The van der Waals surface area contributed by atoms with Crippen LogP contribution in [0.4, 0.5) is 0 Å². The molecule has 0 radical (unpaired) electrons. The van der Waals surface area contributed by atoms with Gasteiger partial charge in [0.05, 0.1) is 0 Å². The van der Waals surface area contributed by atoms with Crippen LogP contribution in [0.25, 0.3) is 0 Å². The Morgan fingerprint density at radius 2 is 1.47 bits per heavy atom. The maximum Gasteiger partial charge on any atom is -0.0360 e. The van der Waals surface area contributed by atoms with Crippen molar-refractivity contribution in [3.63, 3.8) is 0 Å². The summed E-state index contributed by atoms with van der Waals surface area (Å²) < 4.78 is 0. The normalized spacial score (nSPS) is 28.6. The van der Waals surface area contributed by atoms with Crippen LogP contribution >= 0.6 is 0 Å². The van der Waals surface area contributed by atoms with Gasteiger partial charge in [0.2, 0.25) is 0 Å². The van der Waals surface area contributed by atoms with E-state index in [0.29, 0.717) is 0 Å². The van der Waals surface area contributed by atoms with Gasteiger partial charge in [0.25, 0.3) is 0 Å². The van der Waals surface area contributed by atoms with E-state index in [4.69, 9.17) is 0 Å². The molecule has 0 heterocycles. The molecule has 1 fully saturated rings. The van der Waals surface area contributed by atoms with Gasteiger partial charge < -0.3 is 0 Å². The lowest BCUT2D eigenvalue weighted by Crippen LogP contribution is -2.13. The predicted octanol–water partition coefficient (Wildman–Crippen LogP) is 6.55. The summed E-state index contributed by atoms with van der Waals surface area (Å²) in [4.78, 5) is 0. The van der Waals surface area contributed by atoms with E-state index in [-0.39, 0.29) is 0 Å². The first kappa shape index (κ1) is 19.3. The first-order valence-electron chi connectivity index (χ1n) is 8.10. The third kappa shape index (κ3) is 7.84. The Labute approximate surface area is 112 Å². The van der Waals surface area contributed by atoms with Crippen LogP contribution in [0.15, 0.2) is 0 Å². The van der Waals surface area contributed by atoms with E-state index in [2.05, 4.69) is 41.5 Å². The Bertz CT molecular complexity index is 139. The molecule has 0 N–H and O–H groups in total. The van der Waals surface area contributed by atoms with Gasteiger partial charge in [-0.2, -0.15) is 0 Å². The molecule has 0 nitrogen and oxygen atoms in total. The van der Waals surface area contributed by atoms with Gasteiger partial charge in [-0.15, -0.1) is 0 Å². The van der Waals surface area contributed by atoms with Gasteiger partial charge in [-0.25, -0.2) is 0 Å². The molecule has 0 aromatic carbocycles. The molecule has 1 saturated carbocycles. The van der Waals surface area contributed by atoms with Crippen molar-refractivity contribution in [2.45, 2.75) is 87.5 Å². The second-order valence-corrected chi connectivity index (χ2v) is 5.48. The van der Waals surface area contributed by atoms with Crippen LogP contribution in [0.5, 0.6) is 0 Å². The summed E-state index contributed by atoms with van der Waals surface area (Å²) in [5.41, 5.74) is 0. The fourth-order valence-corrected chi connectivity index (χ4v) is 2.84. The molecular weight excluding hydrogens is 204 g/mol. The Morgan fingerprint density at radius 1 is 1.00 bits per heavy atom. The number of hydrogen-bond acceptors (Lipinski definition) is 0. The summed E-state index contributed by atoms with van der Waals surface area (Å²) >= 11 is 0. The van der Waals surface area contributed by atoms with Gasteiger partial charge in [-0.1, -0.05) is 74.7 Å². The average molecular weight is 242 g/mol. The summed E-state index contributed by atoms with van der Waals surface area (Å²) in [6.07, 6.45) is 7.01. The second kappa shape index (κ2) is 12.5. The molecule has 1 rings (SSSR count). The highest BCUT2D eigenvalue weighted by molar-refractivity contribution is 4.82. The summed E-state index contributed by atoms with van der Waals surface area (Å²) in [7, 11) is 0. The Balaban J connectivity index is 0. The lowest BCUT2D eigenvalue weighted by molar-refractivity contribution is 0.285. The molecule has 0 amide bonds. The first-order valence-corrected chi connectivity index (χ1v) is 8.10. The number of rotatable bonds is 3. The van der Waals surface area contributed by atoms with Crippen molar-refractivity contribution in [3.8, 4) is 0 Å². The molecule has 4 unspecified atom stereocenters. The lowest BCUT2D eigenvalue weighted by Gasteiger charge is -2.21. The smallest absolute Gasteiger partial charge is 0.0360 e. The molecule has 17 heavy (non-hydrogen) atoms. The molecule has 4 atom stereocenters. The average Bonchev–Trinajstić information content (AvgIpc) is 2.73. The zero-order chi connectivity index (χ0) is 13.8. The fourth-order valence-electron chi connectivity index (χ4n) is 2.84. The first-order chi connectivity index (χ1) is 8.10. The molecule has 0 bridgehead atoms. The zero-order valence-electron chi connectivity index (χ0n) is 13.8. The van der Waals surface area contributed by atoms with Crippen LogP contribution in [0.1, 0.15) is 87.5 Å². The van der Waals surface area contributed by atoms with Crippen molar-refractivity contribution in [1.29, 1.82) is 0 Å². The van der Waals surface area contributed by atoms with Gasteiger partial charge in [0.1, 0.15) is 0 Å². The molecule has 0 aliphatic heterocycles. The highest BCUT2D eigenvalue weighted by atomic mass is 14.4. The topological polar surface area (TPSA) is 0 Å². The van der Waals surface area contributed by atoms with Crippen LogP contribution < -0.4 is 0 Å². The van der Waals surface area contributed by atoms with Crippen LogP contribution in [0, 0.1) is 23.7 Å². The van der Waals surface area contributed by atoms with Gasteiger partial charge in [0.15, 0.2) is 0 Å². The van der Waals surface area contributed by atoms with E-state index in [1.165, 1.54) is 32.1 Å². The van der Waals surface area contributed by atoms with Crippen molar-refractivity contribution >= 4 is 0 Å². The second-order valence-electron chi connectivity index (χ2n) is 5.48. The maximum atomic E-state index is 2.45. The van der Waals surface area contributed by atoms with Gasteiger partial charge in [-0.05, 0) is 36.5 Å². The molecule has 1 aliphatic rings. The highest BCUT2D eigenvalue weighted by Crippen LogP contribution is 2.42. The maximum absolute atomic E-state index is 2.45. The van der Waals surface area contributed by atoms with E-state index in [1.807, 2.05) is 13.8 Å². The minimum Gasteiger partial charge on any atom is -0.0683 e. The Morgan fingerprint density at radius 3 is 1.76 bits per heavy atom. The minimum absolute atomic E-state index is 0.955. The summed E-state index contributed by atoms with van der Waals surface area (Å²) in [6.45, 7) is 17.8. The fraction of sp³-hybridized carbons (Fsp3) is 1.00. The van der Waals surface area contributed by atoms with Crippen LogP contribution in [0.2, 0.25) is 0 Å². The monoisotopic (exact) mass is 242 g/mol. The van der Waals surface area contributed by atoms with E-state index in [1.54, 1.807) is 0 Å². The molecule has 0 spiro atoms. The van der Waals surface area contributed by atoms with Crippen LogP contribution in [0.3, 0.4) is 0 Å². The predicted molar refractivity (Wildman–Crippen MR) is 82.4 cm³/mol. The van der Waals surface area contributed by atoms with E-state index in [9.17, 15) is 0 Å². The van der Waals surface area contributed by atoms with E-state index >= 15 is 0 Å². The van der Waals surface area contributed by atoms with E-state index < -0.39 is 0 Å². The summed E-state index contributed by atoms with van der Waals surface area (Å²) in [6, 6.07) is 0. The zero-order valence-corrected chi connectivity index (χ0v) is 13.8. The molecule has 1 aliphatic carbocycles. The Hall–Kier alpha value is 0. The van der Waals surface area contributed by atoms with E-state index in [0.717, 1.165) is 23.7 Å². The molecule has 0 aromatic heterocycles. The molecule has 0 heteroatoms. The molecule has 106 valence electrons. The quantitative estimate of drug-likeness (QED) is 0.526. The third-order valence-corrected chi connectivity index (χ3v) is 3.99. The van der Waals surface area contributed by atoms with Crippen LogP contribution in [-0.2, 0) is 0 Å². The van der Waals surface area contributed by atoms with Crippen molar-refractivity contribution in [2.75, 3.05) is 0 Å².